The zero-order valence-electron chi connectivity index (χ0n) is 10.7. The van der Waals surface area contributed by atoms with Gasteiger partial charge in [0.15, 0.2) is 0 Å². The quantitative estimate of drug-likeness (QED) is 0.815. The van der Waals surface area contributed by atoms with E-state index in [4.69, 9.17) is 0 Å². The van der Waals surface area contributed by atoms with E-state index in [2.05, 4.69) is 36.6 Å². The van der Waals surface area contributed by atoms with E-state index in [1.807, 2.05) is 30.3 Å². The Morgan fingerprint density at radius 1 is 1.05 bits per heavy atom. The molecule has 3 nitrogen and oxygen atoms in total. The van der Waals surface area contributed by atoms with Gasteiger partial charge in [-0.15, -0.1) is 0 Å². The highest BCUT2D eigenvalue weighted by Gasteiger charge is 2.16. The predicted octanol–water partition coefficient (Wildman–Crippen LogP) is 4.00. The van der Waals surface area contributed by atoms with Crippen molar-refractivity contribution < 1.29 is 8.42 Å². The summed E-state index contributed by atoms with van der Waals surface area (Å²) >= 11 is 6.66. The van der Waals surface area contributed by atoms with Gasteiger partial charge >= 0.3 is 0 Å². The molecule has 2 aromatic carbocycles. The smallest absolute Gasteiger partial charge is 0.207 e. The lowest BCUT2D eigenvalue weighted by Crippen LogP contribution is -2.24. The number of nitrogens with one attached hydrogen (secondary N) is 1. The maximum atomic E-state index is 12.3. The largest absolute Gasteiger partial charge is 0.241 e. The highest BCUT2D eigenvalue weighted by molar-refractivity contribution is 9.10. The average molecular weight is 419 g/mol. The Kier molecular flexibility index (Phi) is 5.01. The zero-order chi connectivity index (χ0) is 14.8. The monoisotopic (exact) mass is 417 g/mol. The Morgan fingerprint density at radius 3 is 2.45 bits per heavy atom. The van der Waals surface area contributed by atoms with Crippen molar-refractivity contribution in [3.05, 3.63) is 62.5 Å². The highest BCUT2D eigenvalue weighted by Crippen LogP contribution is 2.21. The van der Waals surface area contributed by atoms with Gasteiger partial charge in [-0.25, -0.2) is 13.1 Å². The minimum Gasteiger partial charge on any atom is -0.207 e. The fraction of sp³-hybridized carbons (Fsp3) is 0.143. The van der Waals surface area contributed by atoms with E-state index in [0.29, 0.717) is 4.90 Å². The van der Waals surface area contributed by atoms with Gasteiger partial charge in [-0.1, -0.05) is 50.1 Å². The van der Waals surface area contributed by atoms with Crippen LogP contribution in [0.1, 0.15) is 11.1 Å². The molecule has 0 unspecified atom stereocenters. The van der Waals surface area contributed by atoms with Crippen LogP contribution in [-0.4, -0.2) is 8.42 Å². The second-order valence-electron chi connectivity index (χ2n) is 4.36. The summed E-state index contributed by atoms with van der Waals surface area (Å²) in [6, 6.07) is 12.7. The number of sulfonamides is 1. The molecule has 0 spiro atoms. The predicted molar refractivity (Wildman–Crippen MR) is 87.0 cm³/mol. The van der Waals surface area contributed by atoms with Crippen LogP contribution in [-0.2, 0) is 16.6 Å². The molecule has 0 aromatic heterocycles. The van der Waals surface area contributed by atoms with Crippen LogP contribution in [0.2, 0.25) is 0 Å². The van der Waals surface area contributed by atoms with E-state index < -0.39 is 10.0 Å². The molecule has 0 saturated carbocycles. The average Bonchev–Trinajstić information content (AvgIpc) is 2.39. The van der Waals surface area contributed by atoms with E-state index >= 15 is 0 Å². The molecule has 6 heteroatoms. The third kappa shape index (κ3) is 3.91. The van der Waals surface area contributed by atoms with E-state index in [1.165, 1.54) is 0 Å². The van der Waals surface area contributed by atoms with Gasteiger partial charge in [0, 0.05) is 15.5 Å². The van der Waals surface area contributed by atoms with Crippen molar-refractivity contribution in [2.75, 3.05) is 0 Å². The molecule has 0 aliphatic heterocycles. The molecular weight excluding hydrogens is 406 g/mol. The Labute approximate surface area is 135 Å². The first-order valence-corrected chi connectivity index (χ1v) is 8.96. The lowest BCUT2D eigenvalue weighted by molar-refractivity contribution is 0.580. The van der Waals surface area contributed by atoms with Crippen molar-refractivity contribution in [3.8, 4) is 0 Å². The molecule has 0 aliphatic carbocycles. The van der Waals surface area contributed by atoms with Crippen LogP contribution < -0.4 is 4.72 Å². The molecule has 2 aromatic rings. The number of hydrogen-bond donors (Lipinski definition) is 1. The maximum absolute atomic E-state index is 12.3. The van der Waals surface area contributed by atoms with Gasteiger partial charge in [-0.2, -0.15) is 0 Å². The highest BCUT2D eigenvalue weighted by atomic mass is 79.9. The number of hydrogen-bond acceptors (Lipinski definition) is 2. The summed E-state index contributed by atoms with van der Waals surface area (Å²) in [5.74, 6) is 0. The van der Waals surface area contributed by atoms with Crippen molar-refractivity contribution >= 4 is 41.9 Å². The summed E-state index contributed by atoms with van der Waals surface area (Å²) in [6.45, 7) is 2.04. The summed E-state index contributed by atoms with van der Waals surface area (Å²) in [5.41, 5.74) is 1.62. The molecule has 20 heavy (non-hydrogen) atoms. The van der Waals surface area contributed by atoms with Crippen LogP contribution in [0, 0.1) is 6.92 Å². The second kappa shape index (κ2) is 6.39. The van der Waals surface area contributed by atoms with Gasteiger partial charge in [0.2, 0.25) is 10.0 Å². The second-order valence-corrected chi connectivity index (χ2v) is 7.93. The minimum absolute atomic E-state index is 0.258. The SMILES string of the molecule is Cc1ccc(Br)cc1S(=O)(=O)NCc1cccc(Br)c1. The van der Waals surface area contributed by atoms with Crippen molar-refractivity contribution in [2.45, 2.75) is 18.4 Å². The van der Waals surface area contributed by atoms with Gasteiger partial charge in [-0.3, -0.25) is 0 Å². The van der Waals surface area contributed by atoms with Crippen molar-refractivity contribution in [1.82, 2.24) is 4.72 Å². The Hall–Kier alpha value is -0.690. The van der Waals surface area contributed by atoms with Gasteiger partial charge in [0.25, 0.3) is 0 Å². The molecule has 106 valence electrons. The van der Waals surface area contributed by atoms with Gasteiger partial charge < -0.3 is 0 Å². The summed E-state index contributed by atoms with van der Waals surface area (Å²) in [5, 5.41) is 0. The molecule has 0 saturated heterocycles. The van der Waals surface area contributed by atoms with Crippen LogP contribution >= 0.6 is 31.9 Å². The van der Waals surface area contributed by atoms with Gasteiger partial charge in [0.05, 0.1) is 4.90 Å². The topological polar surface area (TPSA) is 46.2 Å². The first-order valence-electron chi connectivity index (χ1n) is 5.89. The van der Waals surface area contributed by atoms with E-state index in [-0.39, 0.29) is 6.54 Å². The van der Waals surface area contributed by atoms with Crippen LogP contribution in [0.5, 0.6) is 0 Å². The van der Waals surface area contributed by atoms with Crippen LogP contribution in [0.15, 0.2) is 56.3 Å². The Balaban J connectivity index is 2.21. The summed E-state index contributed by atoms with van der Waals surface area (Å²) in [6.07, 6.45) is 0. The number of benzene rings is 2. The van der Waals surface area contributed by atoms with Crippen LogP contribution in [0.4, 0.5) is 0 Å². The van der Waals surface area contributed by atoms with E-state index in [9.17, 15) is 8.42 Å². The number of aryl methyl sites for hydroxylation is 1. The third-order valence-electron chi connectivity index (χ3n) is 2.80. The molecular formula is C14H13Br2NO2S. The first-order chi connectivity index (χ1) is 9.38. The summed E-state index contributed by atoms with van der Waals surface area (Å²) in [4.78, 5) is 0.293. The Morgan fingerprint density at radius 2 is 1.75 bits per heavy atom. The fourth-order valence-corrected chi connectivity index (χ4v) is 4.01. The zero-order valence-corrected chi connectivity index (χ0v) is 14.7. The Bertz CT molecular complexity index is 730. The normalized spacial score (nSPS) is 11.6. The lowest BCUT2D eigenvalue weighted by atomic mass is 10.2. The number of rotatable bonds is 4. The first kappa shape index (κ1) is 15.7. The molecule has 0 fully saturated rings. The summed E-state index contributed by atoms with van der Waals surface area (Å²) in [7, 11) is -3.52. The van der Waals surface area contributed by atoms with Crippen LogP contribution in [0.25, 0.3) is 0 Å². The molecule has 2 rings (SSSR count). The summed E-state index contributed by atoms with van der Waals surface area (Å²) < 4.78 is 28.9. The number of halogens is 2. The standard InChI is InChI=1S/C14H13Br2NO2S/c1-10-5-6-13(16)8-14(10)20(18,19)17-9-11-3-2-4-12(15)7-11/h2-8,17H,9H2,1H3. The third-order valence-corrected chi connectivity index (χ3v) is 5.32. The minimum atomic E-state index is -3.52. The molecule has 0 heterocycles. The van der Waals surface area contributed by atoms with Gasteiger partial charge in [-0.05, 0) is 42.3 Å². The lowest BCUT2D eigenvalue weighted by Gasteiger charge is -2.10. The molecule has 0 amide bonds. The maximum Gasteiger partial charge on any atom is 0.241 e. The van der Waals surface area contributed by atoms with Crippen LogP contribution in [0.3, 0.4) is 0 Å². The molecule has 0 bridgehead atoms. The molecule has 0 aliphatic rings. The van der Waals surface area contributed by atoms with Crippen molar-refractivity contribution in [3.63, 3.8) is 0 Å². The van der Waals surface area contributed by atoms with Crippen molar-refractivity contribution in [2.24, 2.45) is 0 Å². The molecule has 0 radical (unpaired) electrons. The van der Waals surface area contributed by atoms with Crippen molar-refractivity contribution in [1.29, 1.82) is 0 Å². The van der Waals surface area contributed by atoms with E-state index in [1.54, 1.807) is 19.1 Å². The van der Waals surface area contributed by atoms with E-state index in [0.717, 1.165) is 20.1 Å². The van der Waals surface area contributed by atoms with Gasteiger partial charge in [0.1, 0.15) is 0 Å². The molecule has 1 N–H and O–H groups in total. The molecule has 0 atom stereocenters. The fourth-order valence-electron chi connectivity index (χ4n) is 1.77.